The van der Waals surface area contributed by atoms with Crippen LogP contribution in [-0.4, -0.2) is 23.2 Å². The molecule has 2 aromatic heterocycles. The van der Waals surface area contributed by atoms with Crippen LogP contribution < -0.4 is 10.5 Å². The maximum atomic E-state index is 12.2. The number of hydrogen-bond donors (Lipinski definition) is 2. The Labute approximate surface area is 115 Å². The fourth-order valence-electron chi connectivity index (χ4n) is 1.54. The third kappa shape index (κ3) is 3.04. The van der Waals surface area contributed by atoms with Crippen molar-refractivity contribution >= 4 is 32.3 Å². The van der Waals surface area contributed by atoms with Crippen LogP contribution in [-0.2, 0) is 16.6 Å². The summed E-state index contributed by atoms with van der Waals surface area (Å²) in [5.74, 6) is -0.00534. The molecule has 3 N–H and O–H groups in total. The average molecular weight is 301 g/mol. The van der Waals surface area contributed by atoms with Crippen LogP contribution in [0.4, 0.5) is 10.9 Å². The maximum Gasteiger partial charge on any atom is 0.268 e. The van der Waals surface area contributed by atoms with Gasteiger partial charge in [-0.3, -0.25) is 9.40 Å². The Bertz CT molecular complexity index is 674. The molecule has 0 unspecified atom stereocenters. The molecule has 0 aliphatic heterocycles. The highest BCUT2D eigenvalue weighted by molar-refractivity contribution is 7.93. The molecule has 0 aliphatic rings. The second kappa shape index (κ2) is 5.17. The third-order valence-corrected chi connectivity index (χ3v) is 4.70. The van der Waals surface area contributed by atoms with Crippen molar-refractivity contribution in [2.75, 3.05) is 10.5 Å². The van der Waals surface area contributed by atoms with Crippen molar-refractivity contribution in [1.82, 2.24) is 14.8 Å². The Morgan fingerprint density at radius 1 is 1.53 bits per heavy atom. The largest absolute Gasteiger partial charge is 0.381 e. The van der Waals surface area contributed by atoms with Gasteiger partial charge in [0.25, 0.3) is 10.0 Å². The van der Waals surface area contributed by atoms with Gasteiger partial charge in [0.1, 0.15) is 4.90 Å². The molecule has 2 aromatic rings. The summed E-state index contributed by atoms with van der Waals surface area (Å²) < 4.78 is 28.3. The molecule has 0 spiro atoms. The summed E-state index contributed by atoms with van der Waals surface area (Å²) in [4.78, 5) is 4.03. The average Bonchev–Trinajstić information content (AvgIpc) is 2.86. The van der Waals surface area contributed by atoms with Gasteiger partial charge in [-0.1, -0.05) is 6.92 Å². The van der Waals surface area contributed by atoms with E-state index in [1.165, 1.54) is 22.2 Å². The zero-order valence-electron chi connectivity index (χ0n) is 10.6. The number of hydrogen-bond acceptors (Lipinski definition) is 6. The van der Waals surface area contributed by atoms with Crippen molar-refractivity contribution in [2.45, 2.75) is 31.7 Å². The first-order valence-corrected chi connectivity index (χ1v) is 8.06. The second-order valence-electron chi connectivity index (χ2n) is 4.04. The number of thiazole rings is 1. The zero-order chi connectivity index (χ0) is 14.0. The Morgan fingerprint density at radius 2 is 2.26 bits per heavy atom. The summed E-state index contributed by atoms with van der Waals surface area (Å²) in [6, 6.07) is 0. The summed E-state index contributed by atoms with van der Waals surface area (Å²) in [6.07, 6.45) is 2.28. The summed E-state index contributed by atoms with van der Waals surface area (Å²) in [6.45, 7) is 4.39. The predicted molar refractivity (Wildman–Crippen MR) is 74.6 cm³/mol. The van der Waals surface area contributed by atoms with Gasteiger partial charge in [0, 0.05) is 18.1 Å². The molecule has 0 bridgehead atoms. The number of nitrogens with zero attached hydrogens (tertiary/aromatic N) is 3. The molecule has 0 aromatic carbocycles. The molecular weight excluding hydrogens is 286 g/mol. The van der Waals surface area contributed by atoms with Crippen LogP contribution in [0.25, 0.3) is 0 Å². The minimum atomic E-state index is -3.74. The number of rotatable bonds is 5. The van der Waals surface area contributed by atoms with E-state index >= 15 is 0 Å². The Kier molecular flexibility index (Phi) is 3.76. The van der Waals surface area contributed by atoms with E-state index in [0.29, 0.717) is 11.7 Å². The van der Waals surface area contributed by atoms with Crippen LogP contribution >= 0.6 is 11.3 Å². The molecule has 0 saturated carbocycles. The van der Waals surface area contributed by atoms with Gasteiger partial charge in [0.2, 0.25) is 0 Å². The Balaban J connectivity index is 2.28. The Hall–Kier alpha value is -1.61. The molecule has 0 aliphatic carbocycles. The van der Waals surface area contributed by atoms with Gasteiger partial charge >= 0.3 is 0 Å². The first-order valence-electron chi connectivity index (χ1n) is 5.70. The van der Waals surface area contributed by atoms with Crippen LogP contribution in [0.5, 0.6) is 0 Å². The molecule has 104 valence electrons. The maximum absolute atomic E-state index is 12.2. The third-order valence-electron chi connectivity index (χ3n) is 2.34. The van der Waals surface area contributed by atoms with Crippen molar-refractivity contribution in [1.29, 1.82) is 0 Å². The van der Waals surface area contributed by atoms with E-state index in [-0.39, 0.29) is 10.7 Å². The standard InChI is InChI=1S/C10H15N5O2S2/c1-3-4-15-5-8(9(11)13-15)19(16,17)14-10-12-7(2)6-18-10/h5-6H,3-4H2,1-2H3,(H2,11,13)(H,12,14). The molecule has 19 heavy (non-hydrogen) atoms. The predicted octanol–water partition coefficient (Wildman–Crippen LogP) is 1.44. The van der Waals surface area contributed by atoms with Crippen molar-refractivity contribution in [3.05, 3.63) is 17.3 Å². The zero-order valence-corrected chi connectivity index (χ0v) is 12.3. The summed E-state index contributed by atoms with van der Waals surface area (Å²) in [5.41, 5.74) is 6.41. The van der Waals surface area contributed by atoms with E-state index < -0.39 is 10.0 Å². The van der Waals surface area contributed by atoms with E-state index in [1.54, 1.807) is 12.3 Å². The van der Waals surface area contributed by atoms with Gasteiger partial charge in [0.05, 0.1) is 5.69 Å². The first-order chi connectivity index (χ1) is 8.92. The van der Waals surface area contributed by atoms with Crippen LogP contribution in [0, 0.1) is 6.92 Å². The Morgan fingerprint density at radius 3 is 2.84 bits per heavy atom. The lowest BCUT2D eigenvalue weighted by atomic mass is 10.5. The molecule has 7 nitrogen and oxygen atoms in total. The summed E-state index contributed by atoms with van der Waals surface area (Å²) >= 11 is 1.22. The van der Waals surface area contributed by atoms with Crippen LogP contribution in [0.2, 0.25) is 0 Å². The lowest BCUT2D eigenvalue weighted by Gasteiger charge is -2.02. The minimum absolute atomic E-state index is 0.00534. The normalized spacial score (nSPS) is 11.7. The number of nitrogen functional groups attached to an aromatic ring is 1. The van der Waals surface area contributed by atoms with Gasteiger partial charge < -0.3 is 5.73 Å². The monoisotopic (exact) mass is 301 g/mol. The van der Waals surface area contributed by atoms with Crippen LogP contribution in [0.3, 0.4) is 0 Å². The van der Waals surface area contributed by atoms with Gasteiger partial charge in [-0.2, -0.15) is 5.10 Å². The highest BCUT2D eigenvalue weighted by atomic mass is 32.2. The van der Waals surface area contributed by atoms with Gasteiger partial charge in [-0.15, -0.1) is 11.3 Å². The molecule has 2 rings (SSSR count). The van der Waals surface area contributed by atoms with Gasteiger partial charge in [-0.25, -0.2) is 13.4 Å². The number of aromatic nitrogens is 3. The highest BCUT2D eigenvalue weighted by Crippen LogP contribution is 2.22. The van der Waals surface area contributed by atoms with E-state index in [4.69, 9.17) is 5.73 Å². The van der Waals surface area contributed by atoms with E-state index in [0.717, 1.165) is 12.1 Å². The van der Waals surface area contributed by atoms with E-state index in [2.05, 4.69) is 14.8 Å². The summed E-state index contributed by atoms with van der Waals surface area (Å²) in [5, 5.41) is 6.06. The van der Waals surface area contributed by atoms with Gasteiger partial charge in [-0.05, 0) is 13.3 Å². The van der Waals surface area contributed by atoms with E-state index in [1.807, 2.05) is 6.92 Å². The molecular formula is C10H15N5O2S2. The van der Waals surface area contributed by atoms with Crippen LogP contribution in [0.1, 0.15) is 19.0 Å². The molecule has 0 saturated heterocycles. The summed E-state index contributed by atoms with van der Waals surface area (Å²) in [7, 11) is -3.74. The number of aryl methyl sites for hydroxylation is 2. The minimum Gasteiger partial charge on any atom is -0.381 e. The fourth-order valence-corrected chi connectivity index (χ4v) is 3.55. The van der Waals surface area contributed by atoms with Crippen LogP contribution in [0.15, 0.2) is 16.5 Å². The first kappa shape index (κ1) is 13.8. The quantitative estimate of drug-likeness (QED) is 0.870. The lowest BCUT2D eigenvalue weighted by Crippen LogP contribution is -2.13. The smallest absolute Gasteiger partial charge is 0.268 e. The number of nitrogens with two attached hydrogens (primary N) is 1. The second-order valence-corrected chi connectivity index (χ2v) is 6.55. The topological polar surface area (TPSA) is 103 Å². The molecule has 0 fully saturated rings. The van der Waals surface area contributed by atoms with Gasteiger partial charge in [0.15, 0.2) is 10.9 Å². The molecule has 9 heteroatoms. The fraction of sp³-hybridized carbons (Fsp3) is 0.400. The number of anilines is 2. The molecule has 0 radical (unpaired) electrons. The number of nitrogens with one attached hydrogen (secondary N) is 1. The number of sulfonamides is 1. The SMILES string of the molecule is CCCn1cc(S(=O)(=O)Nc2nc(C)cs2)c(N)n1. The van der Waals surface area contributed by atoms with Crippen molar-refractivity contribution in [3.8, 4) is 0 Å². The molecule has 0 atom stereocenters. The molecule has 0 amide bonds. The lowest BCUT2D eigenvalue weighted by molar-refractivity contribution is 0.595. The van der Waals surface area contributed by atoms with Crippen molar-refractivity contribution in [3.63, 3.8) is 0 Å². The highest BCUT2D eigenvalue weighted by Gasteiger charge is 2.22. The molecule has 2 heterocycles. The van der Waals surface area contributed by atoms with Crippen molar-refractivity contribution < 1.29 is 8.42 Å². The van der Waals surface area contributed by atoms with E-state index in [9.17, 15) is 8.42 Å². The van der Waals surface area contributed by atoms with Crippen molar-refractivity contribution in [2.24, 2.45) is 0 Å².